The van der Waals surface area contributed by atoms with Crippen molar-refractivity contribution in [1.82, 2.24) is 0 Å². The number of methoxy groups -OCH3 is 1. The molecule has 1 aliphatic heterocycles. The Morgan fingerprint density at radius 2 is 2.21 bits per heavy atom. The highest BCUT2D eigenvalue weighted by Gasteiger charge is 2.47. The number of esters is 1. The number of ether oxygens (including phenoxy) is 2. The second kappa shape index (κ2) is 3.26. The van der Waals surface area contributed by atoms with Crippen LogP contribution >= 0.6 is 0 Å². The van der Waals surface area contributed by atoms with Gasteiger partial charge >= 0.3 is 5.97 Å². The zero-order valence-electron chi connectivity index (χ0n) is 7.54. The van der Waals surface area contributed by atoms with Crippen LogP contribution in [0.5, 0.6) is 0 Å². The van der Waals surface area contributed by atoms with E-state index in [-0.39, 0.29) is 12.1 Å². The summed E-state index contributed by atoms with van der Waals surface area (Å²) in [5, 5.41) is 10.7. The van der Waals surface area contributed by atoms with Crippen LogP contribution in [0.3, 0.4) is 0 Å². The van der Waals surface area contributed by atoms with Crippen molar-refractivity contribution in [3.8, 4) is 0 Å². The molecule has 1 aliphatic rings. The fourth-order valence-corrected chi connectivity index (χ4v) is 1.28. The first-order chi connectivity index (χ1) is 6.72. The van der Waals surface area contributed by atoms with Crippen LogP contribution in [0.1, 0.15) is 11.7 Å². The van der Waals surface area contributed by atoms with Gasteiger partial charge in [0, 0.05) is 12.1 Å². The molecule has 1 aromatic rings. The number of carbonyl (C=O) groups is 1. The van der Waals surface area contributed by atoms with Gasteiger partial charge in [-0.25, -0.2) is 4.79 Å². The summed E-state index contributed by atoms with van der Waals surface area (Å²) in [5.41, 5.74) is 0.813. The van der Waals surface area contributed by atoms with Crippen LogP contribution in [0.15, 0.2) is 24.5 Å². The van der Waals surface area contributed by atoms with Crippen LogP contribution in [0, 0.1) is 5.21 Å². The van der Waals surface area contributed by atoms with Gasteiger partial charge in [0.25, 0.3) is 0 Å². The molecule has 0 saturated carbocycles. The van der Waals surface area contributed by atoms with Crippen LogP contribution in [-0.4, -0.2) is 19.2 Å². The predicted molar refractivity (Wildman–Crippen MR) is 45.0 cm³/mol. The number of nitrogens with zero attached hydrogens (tertiary/aromatic N) is 1. The molecule has 2 heterocycles. The van der Waals surface area contributed by atoms with Crippen LogP contribution in [0.4, 0.5) is 0 Å². The van der Waals surface area contributed by atoms with E-state index in [1.165, 1.54) is 19.5 Å². The van der Waals surface area contributed by atoms with Crippen LogP contribution in [0.25, 0.3) is 0 Å². The highest BCUT2D eigenvalue weighted by molar-refractivity contribution is 5.78. The van der Waals surface area contributed by atoms with Gasteiger partial charge in [-0.15, -0.1) is 0 Å². The molecule has 5 heteroatoms. The smallest absolute Gasteiger partial charge is 0.338 e. The van der Waals surface area contributed by atoms with E-state index >= 15 is 0 Å². The Bertz CT molecular complexity index is 348. The topological polar surface area (TPSA) is 65.8 Å². The van der Waals surface area contributed by atoms with E-state index in [1.54, 1.807) is 12.1 Å². The van der Waals surface area contributed by atoms with Crippen molar-refractivity contribution in [2.75, 3.05) is 7.11 Å². The van der Waals surface area contributed by atoms with Crippen LogP contribution in [0.2, 0.25) is 0 Å². The minimum absolute atomic E-state index is 0.261. The summed E-state index contributed by atoms with van der Waals surface area (Å²) in [5.74, 6) is -0.381. The molecule has 2 rings (SSSR count). The molecule has 0 spiro atoms. The highest BCUT2D eigenvalue weighted by Crippen LogP contribution is 2.38. The fraction of sp³-hybridized carbons (Fsp3) is 0.333. The predicted octanol–water partition coefficient (Wildman–Crippen LogP) is -0.0671. The van der Waals surface area contributed by atoms with Crippen molar-refractivity contribution < 1.29 is 19.0 Å². The lowest BCUT2D eigenvalue weighted by Crippen LogP contribution is -2.23. The molecule has 0 N–H and O–H groups in total. The zero-order valence-corrected chi connectivity index (χ0v) is 7.54. The molecule has 0 amide bonds. The average molecular weight is 195 g/mol. The number of pyridine rings is 1. The lowest BCUT2D eigenvalue weighted by Gasteiger charge is -1.96. The summed E-state index contributed by atoms with van der Waals surface area (Å²) in [6.07, 6.45) is 1.96. The minimum atomic E-state index is -0.512. The number of aromatic nitrogens is 1. The molecule has 0 bridgehead atoms. The molecule has 74 valence electrons. The lowest BCUT2D eigenvalue weighted by atomic mass is 10.1. The first kappa shape index (κ1) is 8.96. The first-order valence-corrected chi connectivity index (χ1v) is 4.14. The molecule has 1 fully saturated rings. The Morgan fingerprint density at radius 1 is 1.57 bits per heavy atom. The quantitative estimate of drug-likeness (QED) is 0.287. The third-order valence-electron chi connectivity index (χ3n) is 2.08. The van der Waals surface area contributed by atoms with Crippen molar-refractivity contribution in [2.45, 2.75) is 12.2 Å². The summed E-state index contributed by atoms with van der Waals surface area (Å²) in [6, 6.07) is 3.25. The maximum absolute atomic E-state index is 11.0. The zero-order chi connectivity index (χ0) is 10.1. The number of hydrogen-bond donors (Lipinski definition) is 0. The normalized spacial score (nSPS) is 24.4. The number of epoxide rings is 1. The molecule has 14 heavy (non-hydrogen) atoms. The third-order valence-corrected chi connectivity index (χ3v) is 2.08. The maximum atomic E-state index is 11.0. The molecule has 5 nitrogen and oxygen atoms in total. The number of hydrogen-bond acceptors (Lipinski definition) is 4. The second-order valence-electron chi connectivity index (χ2n) is 2.99. The summed E-state index contributed by atoms with van der Waals surface area (Å²) >= 11 is 0. The van der Waals surface area contributed by atoms with Crippen molar-refractivity contribution in [2.24, 2.45) is 0 Å². The minimum Gasteiger partial charge on any atom is -0.619 e. The van der Waals surface area contributed by atoms with E-state index in [1.807, 2.05) is 0 Å². The average Bonchev–Trinajstić information content (AvgIpc) is 2.98. The molecule has 1 saturated heterocycles. The van der Waals surface area contributed by atoms with Gasteiger partial charge in [-0.3, -0.25) is 0 Å². The van der Waals surface area contributed by atoms with Gasteiger partial charge in [0.1, 0.15) is 6.10 Å². The molecular formula is C9H9NO4. The van der Waals surface area contributed by atoms with Gasteiger partial charge in [0.15, 0.2) is 18.5 Å². The van der Waals surface area contributed by atoms with Gasteiger partial charge in [-0.2, -0.15) is 4.73 Å². The van der Waals surface area contributed by atoms with Gasteiger partial charge in [0.2, 0.25) is 0 Å². The van der Waals surface area contributed by atoms with Crippen molar-refractivity contribution >= 4 is 5.97 Å². The summed E-state index contributed by atoms with van der Waals surface area (Å²) < 4.78 is 10.3. The van der Waals surface area contributed by atoms with E-state index in [4.69, 9.17) is 4.74 Å². The molecular weight excluding hydrogens is 186 g/mol. The van der Waals surface area contributed by atoms with E-state index in [2.05, 4.69) is 4.74 Å². The summed E-state index contributed by atoms with van der Waals surface area (Å²) in [4.78, 5) is 11.0. The molecule has 2 atom stereocenters. The molecule has 1 aromatic heterocycles. The first-order valence-electron chi connectivity index (χ1n) is 4.14. The number of rotatable bonds is 2. The van der Waals surface area contributed by atoms with Crippen LogP contribution in [-0.2, 0) is 14.3 Å². The van der Waals surface area contributed by atoms with Crippen molar-refractivity contribution in [1.29, 1.82) is 0 Å². The Labute approximate surface area is 80.5 Å². The fourth-order valence-electron chi connectivity index (χ4n) is 1.28. The standard InChI is InChI=1S/C9H9NO4/c1-13-9(11)8-7(14-8)6-2-4-10(12)5-3-6/h2-5,7-8H,1H3/t7-,8-/m0/s1. The maximum Gasteiger partial charge on any atom is 0.338 e. The highest BCUT2D eigenvalue weighted by atomic mass is 16.6. The SMILES string of the molecule is COC(=O)[C@H]1O[C@H]1c1cc[n+]([O-])cc1. The van der Waals surface area contributed by atoms with E-state index < -0.39 is 6.10 Å². The van der Waals surface area contributed by atoms with E-state index in [9.17, 15) is 10.0 Å². The van der Waals surface area contributed by atoms with E-state index in [0.717, 1.165) is 5.56 Å². The summed E-state index contributed by atoms with van der Waals surface area (Å²) in [7, 11) is 1.32. The molecule has 0 unspecified atom stereocenters. The van der Waals surface area contributed by atoms with Crippen LogP contribution < -0.4 is 4.73 Å². The van der Waals surface area contributed by atoms with Gasteiger partial charge in [-0.1, -0.05) is 0 Å². The summed E-state index contributed by atoms with van der Waals surface area (Å²) in [6.45, 7) is 0. The van der Waals surface area contributed by atoms with E-state index in [0.29, 0.717) is 4.73 Å². The third kappa shape index (κ3) is 1.54. The van der Waals surface area contributed by atoms with Gasteiger partial charge < -0.3 is 14.7 Å². The molecule has 0 radical (unpaired) electrons. The number of carbonyl (C=O) groups excluding carboxylic acids is 1. The Balaban J connectivity index is 2.06. The largest absolute Gasteiger partial charge is 0.619 e. The molecule has 0 aliphatic carbocycles. The Morgan fingerprint density at radius 3 is 2.79 bits per heavy atom. The van der Waals surface area contributed by atoms with Gasteiger partial charge in [-0.05, 0) is 5.56 Å². The van der Waals surface area contributed by atoms with Gasteiger partial charge in [0.05, 0.1) is 7.11 Å². The molecule has 0 aromatic carbocycles. The Kier molecular flexibility index (Phi) is 2.09. The second-order valence-corrected chi connectivity index (χ2v) is 2.99. The Hall–Kier alpha value is -1.62. The monoisotopic (exact) mass is 195 g/mol. The van der Waals surface area contributed by atoms with Crippen molar-refractivity contribution in [3.05, 3.63) is 35.3 Å². The van der Waals surface area contributed by atoms with Crippen molar-refractivity contribution in [3.63, 3.8) is 0 Å². The lowest BCUT2D eigenvalue weighted by molar-refractivity contribution is -0.605.